The van der Waals surface area contributed by atoms with Crippen LogP contribution in [0, 0.1) is 0 Å². The zero-order chi connectivity index (χ0) is 20.6. The number of rotatable bonds is 5. The van der Waals surface area contributed by atoms with Crippen LogP contribution in [0.5, 0.6) is 0 Å². The molecule has 1 aliphatic heterocycles. The fourth-order valence-electron chi connectivity index (χ4n) is 4.74. The number of hydrogen-bond acceptors (Lipinski definition) is 6. The van der Waals surface area contributed by atoms with Crippen LogP contribution in [0.3, 0.4) is 0 Å². The van der Waals surface area contributed by atoms with Crippen LogP contribution >= 0.6 is 23.1 Å². The Morgan fingerprint density at radius 1 is 1.23 bits per heavy atom. The standard InChI is InChI=1S/C23H25N3O2S2/c24-22(27)21-20(8-13-29-21)26(17-5-9-23(10-6-17)28-12-14-30-23)15-16-7-11-25-19-4-2-1-3-18(16)19/h1-4,7-8,11,13,17H,5-6,9-10,12,14-15H2,(H2,24,27). The van der Waals surface area contributed by atoms with Gasteiger partial charge in [-0.05, 0) is 54.8 Å². The molecule has 5 nitrogen and oxygen atoms in total. The molecule has 2 N–H and O–H groups in total. The van der Waals surface area contributed by atoms with Crippen molar-refractivity contribution < 1.29 is 9.53 Å². The summed E-state index contributed by atoms with van der Waals surface area (Å²) in [6, 6.07) is 12.7. The van der Waals surface area contributed by atoms with Crippen LogP contribution in [0.1, 0.15) is 40.9 Å². The number of ether oxygens (including phenoxy) is 1. The monoisotopic (exact) mass is 439 g/mol. The number of para-hydroxylation sites is 1. The highest BCUT2D eigenvalue weighted by atomic mass is 32.2. The van der Waals surface area contributed by atoms with Crippen molar-refractivity contribution in [2.75, 3.05) is 17.3 Å². The Balaban J connectivity index is 1.49. The Hall–Kier alpha value is -2.09. The van der Waals surface area contributed by atoms with Crippen molar-refractivity contribution in [2.24, 2.45) is 5.73 Å². The number of nitrogens with zero attached hydrogens (tertiary/aromatic N) is 2. The highest BCUT2D eigenvalue weighted by molar-refractivity contribution is 8.00. The number of carbonyl (C=O) groups excluding carboxylic acids is 1. The predicted octanol–water partition coefficient (Wildman–Crippen LogP) is 4.80. The maximum atomic E-state index is 12.1. The van der Waals surface area contributed by atoms with Gasteiger partial charge in [0.1, 0.15) is 9.81 Å². The normalized spacial score (nSPS) is 23.8. The van der Waals surface area contributed by atoms with Crippen LogP contribution < -0.4 is 10.6 Å². The van der Waals surface area contributed by atoms with Crippen LogP contribution in [0.4, 0.5) is 5.69 Å². The van der Waals surface area contributed by atoms with Crippen LogP contribution in [-0.2, 0) is 11.3 Å². The number of thiophene rings is 1. The van der Waals surface area contributed by atoms with E-state index in [0.29, 0.717) is 10.9 Å². The Labute approximate surface area is 184 Å². The Morgan fingerprint density at radius 3 is 2.83 bits per heavy atom. The molecule has 2 fully saturated rings. The highest BCUT2D eigenvalue weighted by Gasteiger charge is 2.41. The number of benzene rings is 1. The molecule has 1 saturated heterocycles. The Bertz CT molecular complexity index is 1050. The van der Waals surface area contributed by atoms with Crippen molar-refractivity contribution >= 4 is 45.6 Å². The number of primary amides is 1. The zero-order valence-corrected chi connectivity index (χ0v) is 18.4. The molecule has 5 rings (SSSR count). The molecule has 0 radical (unpaired) electrons. The van der Waals surface area contributed by atoms with Gasteiger partial charge in [-0.25, -0.2) is 0 Å². The van der Waals surface area contributed by atoms with Gasteiger partial charge in [0.2, 0.25) is 0 Å². The summed E-state index contributed by atoms with van der Waals surface area (Å²) in [5.41, 5.74) is 8.88. The molecular weight excluding hydrogens is 414 g/mol. The fraction of sp³-hybridized carbons (Fsp3) is 0.391. The number of pyridine rings is 1. The molecule has 2 aromatic heterocycles. The molecule has 3 heterocycles. The molecule has 0 bridgehead atoms. The molecule has 1 aliphatic carbocycles. The summed E-state index contributed by atoms with van der Waals surface area (Å²) in [5, 5.41) is 3.12. The lowest BCUT2D eigenvalue weighted by Gasteiger charge is -2.42. The van der Waals surface area contributed by atoms with Crippen LogP contribution in [0.2, 0.25) is 0 Å². The van der Waals surface area contributed by atoms with E-state index >= 15 is 0 Å². The number of anilines is 1. The van der Waals surface area contributed by atoms with E-state index in [1.165, 1.54) is 16.9 Å². The quantitative estimate of drug-likeness (QED) is 0.618. The first-order valence-corrected chi connectivity index (χ1v) is 12.3. The number of amides is 1. The lowest BCUT2D eigenvalue weighted by Crippen LogP contribution is -2.42. The summed E-state index contributed by atoms with van der Waals surface area (Å²) in [4.78, 5) is 19.7. The number of thioether (sulfide) groups is 1. The lowest BCUT2D eigenvalue weighted by molar-refractivity contribution is 0.0196. The van der Waals surface area contributed by atoms with Gasteiger partial charge in [-0.15, -0.1) is 23.1 Å². The van der Waals surface area contributed by atoms with Gasteiger partial charge in [0, 0.05) is 29.9 Å². The molecule has 1 saturated carbocycles. The van der Waals surface area contributed by atoms with Crippen molar-refractivity contribution in [1.29, 1.82) is 0 Å². The van der Waals surface area contributed by atoms with Gasteiger partial charge in [-0.2, -0.15) is 0 Å². The van der Waals surface area contributed by atoms with Crippen LogP contribution in [0.25, 0.3) is 10.9 Å². The maximum Gasteiger partial charge on any atom is 0.260 e. The van der Waals surface area contributed by atoms with Gasteiger partial charge < -0.3 is 15.4 Å². The predicted molar refractivity (Wildman–Crippen MR) is 124 cm³/mol. The minimum atomic E-state index is -0.355. The summed E-state index contributed by atoms with van der Waals surface area (Å²) >= 11 is 3.40. The van der Waals surface area contributed by atoms with Gasteiger partial charge in [-0.3, -0.25) is 9.78 Å². The molecule has 3 aromatic rings. The summed E-state index contributed by atoms with van der Waals surface area (Å²) in [7, 11) is 0. The number of hydrogen-bond donors (Lipinski definition) is 1. The van der Waals surface area contributed by atoms with E-state index < -0.39 is 0 Å². The van der Waals surface area contributed by atoms with Crippen molar-refractivity contribution in [1.82, 2.24) is 4.98 Å². The summed E-state index contributed by atoms with van der Waals surface area (Å²) in [5.74, 6) is 0.736. The second kappa shape index (κ2) is 8.21. The van der Waals surface area contributed by atoms with Gasteiger partial charge >= 0.3 is 0 Å². The molecule has 1 amide bonds. The third-order valence-electron chi connectivity index (χ3n) is 6.23. The van der Waals surface area contributed by atoms with Crippen molar-refractivity contribution in [3.8, 4) is 0 Å². The highest BCUT2D eigenvalue weighted by Crippen LogP contribution is 2.46. The average Bonchev–Trinajstić information content (AvgIpc) is 3.43. The number of nitrogens with two attached hydrogens (primary N) is 1. The van der Waals surface area contributed by atoms with E-state index in [9.17, 15) is 4.79 Å². The summed E-state index contributed by atoms with van der Waals surface area (Å²) in [6.45, 7) is 1.59. The SMILES string of the molecule is NC(=O)c1sccc1N(Cc1ccnc2ccccc12)C1CCC2(CC1)OCCS2. The second-order valence-electron chi connectivity index (χ2n) is 7.95. The fourth-order valence-corrected chi connectivity index (χ4v) is 6.73. The molecule has 1 aromatic carbocycles. The number of aromatic nitrogens is 1. The van der Waals surface area contributed by atoms with E-state index in [4.69, 9.17) is 10.5 Å². The smallest absolute Gasteiger partial charge is 0.260 e. The molecule has 1 spiro atoms. The van der Waals surface area contributed by atoms with Crippen molar-refractivity contribution in [3.63, 3.8) is 0 Å². The van der Waals surface area contributed by atoms with E-state index in [-0.39, 0.29) is 10.8 Å². The third kappa shape index (κ3) is 3.70. The van der Waals surface area contributed by atoms with Crippen molar-refractivity contribution in [3.05, 3.63) is 58.4 Å². The van der Waals surface area contributed by atoms with Gasteiger partial charge in [0.05, 0.1) is 17.8 Å². The Morgan fingerprint density at radius 2 is 2.07 bits per heavy atom. The number of carbonyl (C=O) groups is 1. The summed E-state index contributed by atoms with van der Waals surface area (Å²) in [6.07, 6.45) is 6.06. The van der Waals surface area contributed by atoms with Crippen molar-refractivity contribution in [2.45, 2.75) is 43.2 Å². The first-order chi connectivity index (χ1) is 14.7. The second-order valence-corrected chi connectivity index (χ2v) is 10.3. The van der Waals surface area contributed by atoms with Gasteiger partial charge in [0.15, 0.2) is 0 Å². The lowest BCUT2D eigenvalue weighted by atomic mass is 9.90. The van der Waals surface area contributed by atoms with Crippen LogP contribution in [0.15, 0.2) is 48.0 Å². The minimum Gasteiger partial charge on any atom is -0.365 e. The first-order valence-electron chi connectivity index (χ1n) is 10.4. The van der Waals surface area contributed by atoms with E-state index in [1.807, 2.05) is 41.5 Å². The third-order valence-corrected chi connectivity index (χ3v) is 8.57. The zero-order valence-electron chi connectivity index (χ0n) is 16.8. The molecule has 0 atom stereocenters. The molecule has 0 unspecified atom stereocenters. The average molecular weight is 440 g/mol. The first kappa shape index (κ1) is 19.8. The van der Waals surface area contributed by atoms with E-state index in [0.717, 1.165) is 61.2 Å². The molecular formula is C23H25N3O2S2. The van der Waals surface area contributed by atoms with Gasteiger partial charge in [-0.1, -0.05) is 18.2 Å². The van der Waals surface area contributed by atoms with E-state index in [2.05, 4.69) is 28.1 Å². The van der Waals surface area contributed by atoms with Crippen LogP contribution in [-0.4, -0.2) is 34.2 Å². The molecule has 156 valence electrons. The molecule has 2 aliphatic rings. The topological polar surface area (TPSA) is 68.5 Å². The summed E-state index contributed by atoms with van der Waals surface area (Å²) < 4.78 is 6.10. The van der Waals surface area contributed by atoms with E-state index in [1.54, 1.807) is 0 Å². The minimum absolute atomic E-state index is 0.00664. The Kier molecular flexibility index (Phi) is 5.43. The molecule has 30 heavy (non-hydrogen) atoms. The molecule has 7 heteroatoms. The largest absolute Gasteiger partial charge is 0.365 e. The number of fused-ring (bicyclic) bond motifs is 1. The maximum absolute atomic E-state index is 12.1. The van der Waals surface area contributed by atoms with Gasteiger partial charge in [0.25, 0.3) is 5.91 Å².